The van der Waals surface area contributed by atoms with Crippen LogP contribution >= 0.6 is 0 Å². The van der Waals surface area contributed by atoms with Crippen LogP contribution in [-0.2, 0) is 39.8 Å². The molecule has 0 radical (unpaired) electrons. The summed E-state index contributed by atoms with van der Waals surface area (Å²) in [6.07, 6.45) is 4.04. The molecular formula is C73H101N7O15Si3. The van der Waals surface area contributed by atoms with Crippen LogP contribution in [0.3, 0.4) is 0 Å². The van der Waals surface area contributed by atoms with Crippen LogP contribution < -0.4 is 30.2 Å². The van der Waals surface area contributed by atoms with Crippen LogP contribution in [0.15, 0.2) is 72.8 Å². The van der Waals surface area contributed by atoms with Gasteiger partial charge in [-0.3, -0.25) is 0 Å². The predicted octanol–water partition coefficient (Wildman–Crippen LogP) is 16.1. The Hall–Kier alpha value is -7.51. The number of rotatable bonds is 36. The number of hydrogen-bond donors (Lipinski definition) is 6. The Labute approximate surface area is 579 Å². The average molecular weight is 1400 g/mol. The highest BCUT2D eigenvalue weighted by Gasteiger charge is 2.42. The van der Waals surface area contributed by atoms with Gasteiger partial charge in [-0.2, -0.15) is 0 Å². The molecule has 0 spiro atoms. The first-order valence-electron chi connectivity index (χ1n) is 34.6. The maximum Gasteiger partial charge on any atom is 0.500 e. The molecule has 1 aliphatic heterocycles. The van der Waals surface area contributed by atoms with Crippen LogP contribution in [0.5, 0.6) is 17.2 Å². The molecule has 0 aliphatic carbocycles. The van der Waals surface area contributed by atoms with Crippen LogP contribution in [0, 0.1) is 41.5 Å². The van der Waals surface area contributed by atoms with Crippen molar-refractivity contribution in [3.8, 4) is 50.6 Å². The molecule has 1 aliphatic rings. The Morgan fingerprint density at radius 2 is 0.571 bits per heavy atom. The SMILES string of the molecule is CCO[Si](CCCNC(=O)Oc1cc(C)c(-c2c3nc(c4ccc([nH]4)c(-c4c(C)cc(OC(=O)NCCC[Si](OCC)(OCC)OCC)cc4C)c4ccc([nH]4)c(-c4c(C)cc(OC(=O)NCCC[Si](OCC)(OCC)OCC)cc4C)c4ccc2[nH]4)C=C3)c(C)c1)(OCC)OCC. The zero-order valence-corrected chi connectivity index (χ0v) is 62.9. The van der Waals surface area contributed by atoms with E-state index in [2.05, 4.69) is 61.2 Å². The predicted molar refractivity (Wildman–Crippen MR) is 392 cm³/mol. The Bertz CT molecular complexity index is 3920. The first-order chi connectivity index (χ1) is 47.2. The fourth-order valence-electron chi connectivity index (χ4n) is 13.0. The third-order valence-corrected chi connectivity index (χ3v) is 26.0. The van der Waals surface area contributed by atoms with Crippen LogP contribution in [0.1, 0.15) is 126 Å². The summed E-state index contributed by atoms with van der Waals surface area (Å²) in [6, 6.07) is 25.3. The number of benzene rings is 3. The van der Waals surface area contributed by atoms with Gasteiger partial charge in [0.1, 0.15) is 17.2 Å². The van der Waals surface area contributed by atoms with Gasteiger partial charge >= 0.3 is 44.7 Å². The third kappa shape index (κ3) is 19.1. The first-order valence-corrected chi connectivity index (χ1v) is 40.4. The first kappa shape index (κ1) is 76.2. The van der Waals surface area contributed by atoms with Gasteiger partial charge in [-0.05, 0) is 258 Å². The highest BCUT2D eigenvalue weighted by molar-refractivity contribution is 6.61. The number of ether oxygens (including phenoxy) is 3. The minimum Gasteiger partial charge on any atom is -0.410 e. The number of aromatic nitrogens is 4. The van der Waals surface area contributed by atoms with Crippen molar-refractivity contribution in [2.45, 2.75) is 141 Å². The van der Waals surface area contributed by atoms with Crippen LogP contribution in [0.25, 0.3) is 78.6 Å². The van der Waals surface area contributed by atoms with E-state index in [4.69, 9.17) is 59.0 Å². The van der Waals surface area contributed by atoms with Crippen molar-refractivity contribution in [2.75, 3.05) is 79.1 Å². The molecule has 6 N–H and O–H groups in total. The van der Waals surface area contributed by atoms with Crippen molar-refractivity contribution < 1.29 is 68.4 Å². The highest BCUT2D eigenvalue weighted by atomic mass is 28.4. The Balaban J connectivity index is 1.20. The Morgan fingerprint density at radius 1 is 0.337 bits per heavy atom. The van der Waals surface area contributed by atoms with Gasteiger partial charge in [0.15, 0.2) is 0 Å². The molecule has 7 aromatic rings. The molecule has 0 atom stereocenters. The van der Waals surface area contributed by atoms with Crippen molar-refractivity contribution >= 4 is 89.9 Å². The lowest BCUT2D eigenvalue weighted by molar-refractivity contribution is 0.0700. The molecular weight excluding hydrogens is 1300 g/mol. The number of aromatic amines is 3. The monoisotopic (exact) mass is 1400 g/mol. The number of H-pyrrole nitrogens is 3. The molecule has 3 aromatic carbocycles. The number of amides is 3. The molecule has 8 rings (SSSR count). The van der Waals surface area contributed by atoms with Crippen LogP contribution in [-0.4, -0.2) is 144 Å². The standard InChI is InChI=1S/C73H101N7O15Si3/c1-16-84-96(85-17-2,86-18-3)39-25-36-74-71(81)93-54-42-48(10)65(49(11)43-54)68-59-30-28-57(77-59)58-29-31-60(78-58)69(66-50(12)44-55(45-51(66)13)94-72(82)75-37-26-40-97(87-19-4,88-20-5)89-21-6)62-33-35-64(80-62)70(63-34-32-61(68)79-63)67-52(14)46-56(47-53(67)15)95-73(83)76-38-27-41-98(90-22-7,91-23-8)92-24-9/h28-35,42-47,77,79-80H,16-27,36-41H2,1-15H3,(H,74,81)(H,75,82)(H,76,83). The second-order valence-corrected chi connectivity index (χ2v) is 31.9. The fraction of sp³-hybridized carbons (Fsp3) is 0.452. The van der Waals surface area contributed by atoms with E-state index in [9.17, 15) is 14.4 Å². The number of nitrogens with zero attached hydrogens (tertiary/aromatic N) is 1. The molecule has 98 heavy (non-hydrogen) atoms. The summed E-state index contributed by atoms with van der Waals surface area (Å²) in [6.45, 7) is 34.6. The summed E-state index contributed by atoms with van der Waals surface area (Å²) >= 11 is 0. The van der Waals surface area contributed by atoms with Crippen molar-refractivity contribution in [1.82, 2.24) is 35.9 Å². The van der Waals surface area contributed by atoms with Gasteiger partial charge in [0.05, 0.1) is 16.9 Å². The summed E-state index contributed by atoms with van der Waals surface area (Å²) in [5.74, 6) is 1.17. The lowest BCUT2D eigenvalue weighted by Crippen LogP contribution is -2.46. The van der Waals surface area contributed by atoms with E-state index in [1.165, 1.54) is 0 Å². The van der Waals surface area contributed by atoms with E-state index in [0.29, 0.717) is 139 Å². The molecule has 4 aromatic heterocycles. The van der Waals surface area contributed by atoms with Gasteiger partial charge in [-0.1, -0.05) is 0 Å². The summed E-state index contributed by atoms with van der Waals surface area (Å²) in [5, 5.41) is 8.74. The number of carbonyl (C=O) groups is 3. The Morgan fingerprint density at radius 3 is 0.847 bits per heavy atom. The summed E-state index contributed by atoms with van der Waals surface area (Å²) in [7, 11) is -8.69. The van der Waals surface area contributed by atoms with E-state index < -0.39 is 44.7 Å². The molecule has 22 nitrogen and oxygen atoms in total. The van der Waals surface area contributed by atoms with Gasteiger partial charge in [-0.15, -0.1) is 0 Å². The van der Waals surface area contributed by atoms with Crippen LogP contribution in [0.2, 0.25) is 18.1 Å². The normalized spacial score (nSPS) is 12.2. The van der Waals surface area contributed by atoms with E-state index >= 15 is 0 Å². The maximum atomic E-state index is 13.5. The van der Waals surface area contributed by atoms with E-state index in [1.54, 1.807) is 0 Å². The fourth-order valence-corrected chi connectivity index (χ4v) is 20.8. The average Bonchev–Trinajstić information content (AvgIpc) is 1.58. The molecule has 5 heterocycles. The van der Waals surface area contributed by atoms with Crippen molar-refractivity contribution in [2.24, 2.45) is 0 Å². The van der Waals surface area contributed by atoms with Gasteiger partial charge < -0.3 is 84.9 Å². The minimum atomic E-state index is -2.91. The van der Waals surface area contributed by atoms with Gasteiger partial charge in [0, 0.05) is 142 Å². The largest absolute Gasteiger partial charge is 0.500 e. The van der Waals surface area contributed by atoms with Crippen molar-refractivity contribution in [3.63, 3.8) is 0 Å². The topological polar surface area (TPSA) is 258 Å². The summed E-state index contributed by atoms with van der Waals surface area (Å²) in [4.78, 5) is 57.3. The Kier molecular flexibility index (Phi) is 28.0. The molecule has 8 bridgehead atoms. The summed E-state index contributed by atoms with van der Waals surface area (Å²) < 4.78 is 72.2. The van der Waals surface area contributed by atoms with Gasteiger partial charge in [-0.25, -0.2) is 19.4 Å². The third-order valence-electron chi connectivity index (χ3n) is 16.5. The lowest BCUT2D eigenvalue weighted by atomic mass is 9.94. The molecule has 0 unspecified atom stereocenters. The van der Waals surface area contributed by atoms with E-state index in [-0.39, 0.29) is 0 Å². The molecule has 0 saturated carbocycles. The number of carbonyl (C=O) groups excluding carboxylic acids is 3. The van der Waals surface area contributed by atoms with Gasteiger partial charge in [0.2, 0.25) is 0 Å². The molecule has 25 heteroatoms. The number of nitrogens with one attached hydrogen (secondary N) is 6. The zero-order valence-electron chi connectivity index (χ0n) is 59.9. The van der Waals surface area contributed by atoms with Crippen molar-refractivity contribution in [1.29, 1.82) is 0 Å². The maximum absolute atomic E-state index is 13.5. The molecule has 0 fully saturated rings. The highest BCUT2D eigenvalue weighted by Crippen LogP contribution is 2.42. The van der Waals surface area contributed by atoms with E-state index in [1.807, 2.05) is 158 Å². The molecule has 3 amide bonds. The molecule has 530 valence electrons. The second kappa shape index (κ2) is 36.0. The second-order valence-electron chi connectivity index (χ2n) is 23.7. The lowest BCUT2D eigenvalue weighted by Gasteiger charge is -2.28. The molecule has 0 saturated heterocycles. The van der Waals surface area contributed by atoms with Crippen LogP contribution in [0.4, 0.5) is 14.4 Å². The van der Waals surface area contributed by atoms with Crippen molar-refractivity contribution in [3.05, 3.63) is 118 Å². The smallest absolute Gasteiger partial charge is 0.410 e. The number of aryl methyl sites for hydroxylation is 6. The minimum absolute atomic E-state index is 0.331. The van der Waals surface area contributed by atoms with Gasteiger partial charge in [0.25, 0.3) is 0 Å². The summed E-state index contributed by atoms with van der Waals surface area (Å²) in [5.41, 5.74) is 16.7. The zero-order chi connectivity index (χ0) is 70.6. The number of hydrogen-bond acceptors (Lipinski definition) is 16. The quantitative estimate of drug-likeness (QED) is 0.0158. The van der Waals surface area contributed by atoms with E-state index in [0.717, 1.165) is 106 Å². The number of fused-ring (bicyclic) bond motifs is 9.